The van der Waals surface area contributed by atoms with Crippen LogP contribution in [-0.4, -0.2) is 22.5 Å². The van der Waals surface area contributed by atoms with Crippen LogP contribution in [0.1, 0.15) is 17.3 Å². The Bertz CT molecular complexity index is 460. The molecule has 0 atom stereocenters. The van der Waals surface area contributed by atoms with Gasteiger partial charge in [-0.1, -0.05) is 12.1 Å². The normalized spacial score (nSPS) is 10.1. The third-order valence-electron chi connectivity index (χ3n) is 2.17. The number of hydrogen-bond acceptors (Lipinski definition) is 3. The largest absolute Gasteiger partial charge is 0.462 e. The Kier molecular flexibility index (Phi) is 3.00. The number of hydrogen-bond donors (Lipinski definition) is 1. The molecule has 82 valence electrons. The molecule has 0 radical (unpaired) electrons. The van der Waals surface area contributed by atoms with Gasteiger partial charge in [0.15, 0.2) is 0 Å². The van der Waals surface area contributed by atoms with Crippen molar-refractivity contribution >= 4 is 5.97 Å². The molecular weight excluding hydrogens is 204 g/mol. The van der Waals surface area contributed by atoms with Crippen LogP contribution in [0.2, 0.25) is 0 Å². The molecule has 0 aliphatic carbocycles. The summed E-state index contributed by atoms with van der Waals surface area (Å²) in [5, 5.41) is 0. The number of H-pyrrole nitrogens is 1. The third kappa shape index (κ3) is 2.11. The Morgan fingerprint density at radius 2 is 2.12 bits per heavy atom. The lowest BCUT2D eigenvalue weighted by Crippen LogP contribution is -2.04. The highest BCUT2D eigenvalue weighted by Gasteiger charge is 2.06. The van der Waals surface area contributed by atoms with Gasteiger partial charge in [0.2, 0.25) is 0 Å². The number of nitrogens with one attached hydrogen (secondary N) is 1. The summed E-state index contributed by atoms with van der Waals surface area (Å²) in [7, 11) is 0. The molecule has 0 aliphatic heterocycles. The van der Waals surface area contributed by atoms with E-state index in [4.69, 9.17) is 4.74 Å². The van der Waals surface area contributed by atoms with Crippen molar-refractivity contribution in [2.75, 3.05) is 6.61 Å². The van der Waals surface area contributed by atoms with E-state index in [0.717, 1.165) is 11.4 Å². The van der Waals surface area contributed by atoms with Gasteiger partial charge in [-0.3, -0.25) is 0 Å². The van der Waals surface area contributed by atoms with Crippen molar-refractivity contribution in [1.29, 1.82) is 0 Å². The number of carbonyl (C=O) groups excluding carboxylic acids is 1. The minimum absolute atomic E-state index is 0.298. The molecule has 0 unspecified atom stereocenters. The molecule has 4 heteroatoms. The number of rotatable bonds is 3. The molecule has 0 aliphatic rings. The second-order valence-corrected chi connectivity index (χ2v) is 3.24. The Labute approximate surface area is 93.3 Å². The minimum atomic E-state index is -0.298. The van der Waals surface area contributed by atoms with Crippen LogP contribution < -0.4 is 0 Å². The summed E-state index contributed by atoms with van der Waals surface area (Å²) in [4.78, 5) is 18.5. The summed E-state index contributed by atoms with van der Waals surface area (Å²) in [6.45, 7) is 2.17. The molecule has 4 nitrogen and oxygen atoms in total. The van der Waals surface area contributed by atoms with Crippen molar-refractivity contribution in [3.8, 4) is 11.4 Å². The maximum absolute atomic E-state index is 11.4. The Morgan fingerprint density at radius 3 is 2.69 bits per heavy atom. The monoisotopic (exact) mass is 216 g/mol. The third-order valence-corrected chi connectivity index (χ3v) is 2.17. The van der Waals surface area contributed by atoms with Crippen molar-refractivity contribution in [2.45, 2.75) is 6.92 Å². The van der Waals surface area contributed by atoms with Gasteiger partial charge in [0.05, 0.1) is 12.2 Å². The zero-order valence-corrected chi connectivity index (χ0v) is 8.93. The zero-order valence-electron chi connectivity index (χ0n) is 8.93. The lowest BCUT2D eigenvalue weighted by Gasteiger charge is -2.02. The predicted octanol–water partition coefficient (Wildman–Crippen LogP) is 2.25. The van der Waals surface area contributed by atoms with Crippen molar-refractivity contribution in [1.82, 2.24) is 9.97 Å². The SMILES string of the molecule is CCOC(=O)c1ccc(-c2ncc[nH]2)cc1. The van der Waals surface area contributed by atoms with Crippen molar-refractivity contribution in [2.24, 2.45) is 0 Å². The Hall–Kier alpha value is -2.10. The zero-order chi connectivity index (χ0) is 11.4. The molecule has 1 N–H and O–H groups in total. The van der Waals surface area contributed by atoms with Gasteiger partial charge in [0.1, 0.15) is 5.82 Å². The fourth-order valence-corrected chi connectivity index (χ4v) is 1.40. The van der Waals surface area contributed by atoms with Gasteiger partial charge in [-0.15, -0.1) is 0 Å². The molecule has 0 saturated heterocycles. The number of ether oxygens (including phenoxy) is 1. The van der Waals surface area contributed by atoms with E-state index in [1.165, 1.54) is 0 Å². The molecule has 2 aromatic rings. The molecule has 0 saturated carbocycles. The first-order valence-corrected chi connectivity index (χ1v) is 5.08. The van der Waals surface area contributed by atoms with Gasteiger partial charge < -0.3 is 9.72 Å². The number of aromatic amines is 1. The van der Waals surface area contributed by atoms with Crippen LogP contribution in [0.15, 0.2) is 36.7 Å². The average molecular weight is 216 g/mol. The summed E-state index contributed by atoms with van der Waals surface area (Å²) in [6.07, 6.45) is 3.45. The van der Waals surface area contributed by atoms with Crippen LogP contribution in [0.3, 0.4) is 0 Å². The van der Waals surface area contributed by atoms with E-state index in [-0.39, 0.29) is 5.97 Å². The van der Waals surface area contributed by atoms with E-state index in [1.807, 2.05) is 12.1 Å². The quantitative estimate of drug-likeness (QED) is 0.800. The number of aromatic nitrogens is 2. The lowest BCUT2D eigenvalue weighted by atomic mass is 10.1. The maximum Gasteiger partial charge on any atom is 0.338 e. The van der Waals surface area contributed by atoms with E-state index < -0.39 is 0 Å². The molecule has 0 fully saturated rings. The van der Waals surface area contributed by atoms with Crippen molar-refractivity contribution in [3.05, 3.63) is 42.2 Å². The molecule has 0 amide bonds. The van der Waals surface area contributed by atoms with Crippen LogP contribution in [0.25, 0.3) is 11.4 Å². The minimum Gasteiger partial charge on any atom is -0.462 e. The smallest absolute Gasteiger partial charge is 0.338 e. The second-order valence-electron chi connectivity index (χ2n) is 3.24. The van der Waals surface area contributed by atoms with Crippen LogP contribution in [0.4, 0.5) is 0 Å². The number of imidazole rings is 1. The summed E-state index contributed by atoms with van der Waals surface area (Å²) in [5.41, 5.74) is 1.50. The summed E-state index contributed by atoms with van der Waals surface area (Å²) < 4.78 is 4.90. The molecule has 2 rings (SSSR count). The standard InChI is InChI=1S/C12H12N2O2/c1-2-16-12(15)10-5-3-9(4-6-10)11-13-7-8-14-11/h3-8H,2H2,1H3,(H,13,14). The first-order valence-electron chi connectivity index (χ1n) is 5.08. The summed E-state index contributed by atoms with van der Waals surface area (Å²) in [5.74, 6) is 0.490. The number of carbonyl (C=O) groups is 1. The predicted molar refractivity (Wildman–Crippen MR) is 60.0 cm³/mol. The van der Waals surface area contributed by atoms with Gasteiger partial charge in [0, 0.05) is 18.0 Å². The van der Waals surface area contributed by atoms with Crippen LogP contribution >= 0.6 is 0 Å². The number of nitrogens with zero attached hydrogens (tertiary/aromatic N) is 1. The highest BCUT2D eigenvalue weighted by atomic mass is 16.5. The topological polar surface area (TPSA) is 55.0 Å². The highest BCUT2D eigenvalue weighted by Crippen LogP contribution is 2.15. The molecular formula is C12H12N2O2. The van der Waals surface area contributed by atoms with E-state index in [2.05, 4.69) is 9.97 Å². The Morgan fingerprint density at radius 1 is 1.38 bits per heavy atom. The molecule has 1 heterocycles. The fourth-order valence-electron chi connectivity index (χ4n) is 1.40. The first kappa shape index (κ1) is 10.4. The number of benzene rings is 1. The fraction of sp³-hybridized carbons (Fsp3) is 0.167. The average Bonchev–Trinajstić information content (AvgIpc) is 2.83. The van der Waals surface area contributed by atoms with Gasteiger partial charge in [-0.25, -0.2) is 9.78 Å². The highest BCUT2D eigenvalue weighted by molar-refractivity contribution is 5.89. The van der Waals surface area contributed by atoms with Crippen LogP contribution in [0, 0.1) is 0 Å². The van der Waals surface area contributed by atoms with Gasteiger partial charge in [-0.2, -0.15) is 0 Å². The van der Waals surface area contributed by atoms with Crippen LogP contribution in [0.5, 0.6) is 0 Å². The van der Waals surface area contributed by atoms with E-state index in [1.54, 1.807) is 31.5 Å². The van der Waals surface area contributed by atoms with E-state index >= 15 is 0 Å². The molecule has 0 spiro atoms. The Balaban J connectivity index is 2.20. The van der Waals surface area contributed by atoms with E-state index in [0.29, 0.717) is 12.2 Å². The first-order chi connectivity index (χ1) is 7.81. The molecule has 1 aromatic carbocycles. The summed E-state index contributed by atoms with van der Waals surface area (Å²) in [6, 6.07) is 7.14. The molecule has 1 aromatic heterocycles. The summed E-state index contributed by atoms with van der Waals surface area (Å²) >= 11 is 0. The van der Waals surface area contributed by atoms with Gasteiger partial charge in [-0.05, 0) is 19.1 Å². The lowest BCUT2D eigenvalue weighted by molar-refractivity contribution is 0.0526. The van der Waals surface area contributed by atoms with Gasteiger partial charge >= 0.3 is 5.97 Å². The van der Waals surface area contributed by atoms with Crippen molar-refractivity contribution < 1.29 is 9.53 Å². The molecule has 0 bridgehead atoms. The number of esters is 1. The molecule has 16 heavy (non-hydrogen) atoms. The van der Waals surface area contributed by atoms with Crippen molar-refractivity contribution in [3.63, 3.8) is 0 Å². The maximum atomic E-state index is 11.4. The second kappa shape index (κ2) is 4.61. The van der Waals surface area contributed by atoms with Gasteiger partial charge in [0.25, 0.3) is 0 Å². The van der Waals surface area contributed by atoms with E-state index in [9.17, 15) is 4.79 Å². The van der Waals surface area contributed by atoms with Crippen LogP contribution in [-0.2, 0) is 4.74 Å².